The normalized spacial score (nSPS) is 11.7. The Labute approximate surface area is 95.3 Å². The van der Waals surface area contributed by atoms with E-state index < -0.39 is 12.6 Å². The van der Waals surface area contributed by atoms with Crippen molar-refractivity contribution in [2.75, 3.05) is 0 Å². The molecule has 1 aromatic carbocycles. The van der Waals surface area contributed by atoms with Crippen molar-refractivity contribution in [3.05, 3.63) is 36.2 Å². The van der Waals surface area contributed by atoms with Crippen molar-refractivity contribution in [1.29, 1.82) is 0 Å². The summed E-state index contributed by atoms with van der Waals surface area (Å²) >= 11 is 0. The molecule has 0 saturated carbocycles. The van der Waals surface area contributed by atoms with Crippen LogP contribution >= 0.6 is 0 Å². The predicted molar refractivity (Wildman–Crippen MR) is 52.9 cm³/mol. The largest absolute Gasteiger partial charge is 0.389 e. The van der Waals surface area contributed by atoms with E-state index in [9.17, 15) is 13.2 Å². The van der Waals surface area contributed by atoms with Crippen molar-refractivity contribution in [1.82, 2.24) is 10.1 Å². The highest BCUT2D eigenvalue weighted by Gasteiger charge is 2.26. The molecule has 17 heavy (non-hydrogen) atoms. The molecule has 0 bridgehead atoms. The first kappa shape index (κ1) is 11.6. The van der Waals surface area contributed by atoms with E-state index in [1.54, 1.807) is 24.3 Å². The van der Waals surface area contributed by atoms with Gasteiger partial charge in [0.25, 0.3) is 0 Å². The zero-order valence-corrected chi connectivity index (χ0v) is 8.66. The zero-order valence-electron chi connectivity index (χ0n) is 8.66. The van der Waals surface area contributed by atoms with Crippen LogP contribution < -0.4 is 0 Å². The van der Waals surface area contributed by atoms with Gasteiger partial charge in [0.1, 0.15) is 0 Å². The maximum absolute atomic E-state index is 12.0. The molecule has 0 aliphatic rings. The summed E-state index contributed by atoms with van der Waals surface area (Å²) in [5.41, 5.74) is 1.31. The highest BCUT2D eigenvalue weighted by molar-refractivity contribution is 5.54. The van der Waals surface area contributed by atoms with Gasteiger partial charge in [-0.2, -0.15) is 18.2 Å². The van der Waals surface area contributed by atoms with Gasteiger partial charge in [0.2, 0.25) is 5.82 Å². The fraction of sp³-hybridized carbons (Fsp3) is 0.273. The van der Waals surface area contributed by atoms with E-state index in [2.05, 4.69) is 21.1 Å². The quantitative estimate of drug-likeness (QED) is 0.829. The highest BCUT2D eigenvalue weighted by Crippen LogP contribution is 2.23. The lowest BCUT2D eigenvalue weighted by Gasteiger charge is -2.06. The van der Waals surface area contributed by atoms with Gasteiger partial charge >= 0.3 is 12.6 Å². The Bertz CT molecular complexity index is 462. The van der Waals surface area contributed by atoms with E-state index in [0.29, 0.717) is 17.0 Å². The highest BCUT2D eigenvalue weighted by atomic mass is 19.4. The van der Waals surface area contributed by atoms with Gasteiger partial charge in [0, 0.05) is 12.0 Å². The third-order valence-corrected chi connectivity index (χ3v) is 2.23. The first-order valence-electron chi connectivity index (χ1n) is 4.90. The summed E-state index contributed by atoms with van der Waals surface area (Å²) in [5.74, 6) is 0.368. The number of aromatic nitrogens is 2. The summed E-state index contributed by atoms with van der Waals surface area (Å²) in [7, 11) is 0. The van der Waals surface area contributed by atoms with Gasteiger partial charge in [-0.15, -0.1) is 0 Å². The molecule has 2 rings (SSSR count). The lowest BCUT2D eigenvalue weighted by molar-refractivity contribution is -0.133. The minimum absolute atomic E-state index is 0.0256. The van der Waals surface area contributed by atoms with Crippen LogP contribution in [0.4, 0.5) is 13.2 Å². The average molecular weight is 241 g/mol. The lowest BCUT2D eigenvalue weighted by Crippen LogP contribution is -2.08. The molecule has 0 fully saturated rings. The summed E-state index contributed by atoms with van der Waals surface area (Å²) in [4.78, 5) is 3.72. The van der Waals surface area contributed by atoms with Gasteiger partial charge in [0.05, 0.1) is 0 Å². The Morgan fingerprint density at radius 2 is 1.88 bits per heavy atom. The first-order chi connectivity index (χ1) is 8.04. The van der Waals surface area contributed by atoms with Crippen molar-refractivity contribution >= 4 is 0 Å². The topological polar surface area (TPSA) is 38.9 Å². The number of benzene rings is 1. The van der Waals surface area contributed by atoms with Crippen molar-refractivity contribution in [2.45, 2.75) is 19.0 Å². The number of hydrogen-bond acceptors (Lipinski definition) is 3. The van der Waals surface area contributed by atoms with E-state index in [1.165, 1.54) is 0 Å². The molecule has 0 aliphatic carbocycles. The maximum atomic E-state index is 12.0. The molecular weight excluding hydrogens is 233 g/mol. The van der Waals surface area contributed by atoms with Crippen LogP contribution in [0.2, 0.25) is 0 Å². The van der Waals surface area contributed by atoms with Gasteiger partial charge in [0.15, 0.2) is 0 Å². The summed E-state index contributed by atoms with van der Waals surface area (Å²) < 4.78 is 40.5. The van der Waals surface area contributed by atoms with Crippen LogP contribution in [0.25, 0.3) is 11.4 Å². The first-order valence-corrected chi connectivity index (χ1v) is 4.90. The third-order valence-electron chi connectivity index (χ3n) is 2.23. The number of nitrogens with zero attached hydrogens (tertiary/aromatic N) is 2. The van der Waals surface area contributed by atoms with Crippen LogP contribution in [-0.4, -0.2) is 16.3 Å². The Balaban J connectivity index is 2.04. The minimum Gasteiger partial charge on any atom is -0.328 e. The number of alkyl halides is 3. The van der Waals surface area contributed by atoms with Gasteiger partial charge < -0.3 is 4.52 Å². The van der Waals surface area contributed by atoms with Gasteiger partial charge in [-0.25, -0.2) is 0 Å². The molecule has 6 heteroatoms. The molecule has 0 saturated heterocycles. The molecule has 89 valence electrons. The van der Waals surface area contributed by atoms with Crippen molar-refractivity contribution in [3.63, 3.8) is 0 Å². The molecule has 1 radical (unpaired) electrons. The second kappa shape index (κ2) is 4.57. The van der Waals surface area contributed by atoms with Crippen molar-refractivity contribution < 1.29 is 17.7 Å². The molecule has 0 spiro atoms. The Morgan fingerprint density at radius 3 is 2.41 bits per heavy atom. The van der Waals surface area contributed by atoms with Crippen molar-refractivity contribution in [3.8, 4) is 11.4 Å². The zero-order chi connectivity index (χ0) is 12.3. The van der Waals surface area contributed by atoms with E-state index in [-0.39, 0.29) is 6.42 Å². The summed E-state index contributed by atoms with van der Waals surface area (Å²) in [6.07, 6.45) is -2.76. The fourth-order valence-corrected chi connectivity index (χ4v) is 1.37. The second-order valence-electron chi connectivity index (χ2n) is 3.52. The fourth-order valence-electron chi connectivity index (χ4n) is 1.37. The Morgan fingerprint density at radius 1 is 1.18 bits per heavy atom. The Hall–Kier alpha value is -1.85. The van der Waals surface area contributed by atoms with Gasteiger partial charge in [-0.05, 0) is 12.0 Å². The Kier molecular flexibility index (Phi) is 3.12. The van der Waals surface area contributed by atoms with Crippen LogP contribution in [0.5, 0.6) is 0 Å². The third kappa shape index (κ3) is 3.30. The molecule has 3 nitrogen and oxygen atoms in total. The maximum Gasteiger partial charge on any atom is 0.389 e. The van der Waals surface area contributed by atoms with Gasteiger partial charge in [-0.3, -0.25) is 0 Å². The van der Waals surface area contributed by atoms with E-state index in [0.717, 1.165) is 0 Å². The van der Waals surface area contributed by atoms with Crippen LogP contribution in [0.3, 0.4) is 0 Å². The monoisotopic (exact) mass is 241 g/mol. The number of halogens is 3. The molecule has 0 amide bonds. The average Bonchev–Trinajstić information content (AvgIpc) is 2.79. The molecule has 2 aromatic rings. The molecule has 0 unspecified atom stereocenters. The van der Waals surface area contributed by atoms with Crippen LogP contribution in [0, 0.1) is 6.39 Å². The SMILES string of the molecule is FC(F)(F)CCc1ccc(-c2n[c]on2)cc1. The second-order valence-corrected chi connectivity index (χ2v) is 3.52. The van der Waals surface area contributed by atoms with Crippen LogP contribution in [-0.2, 0) is 6.42 Å². The summed E-state index contributed by atoms with van der Waals surface area (Å²) in [5, 5.41) is 3.58. The number of hydrogen-bond donors (Lipinski definition) is 0. The molecular formula is C11H8F3N2O. The van der Waals surface area contributed by atoms with E-state index in [4.69, 9.17) is 0 Å². The smallest absolute Gasteiger partial charge is 0.328 e. The molecule has 1 heterocycles. The molecule has 0 atom stereocenters. The minimum atomic E-state index is -4.12. The van der Waals surface area contributed by atoms with Gasteiger partial charge in [-0.1, -0.05) is 29.4 Å². The number of aryl methyl sites for hydroxylation is 1. The summed E-state index contributed by atoms with van der Waals surface area (Å²) in [6, 6.07) is 6.56. The predicted octanol–water partition coefficient (Wildman–Crippen LogP) is 3.03. The lowest BCUT2D eigenvalue weighted by atomic mass is 10.1. The van der Waals surface area contributed by atoms with Crippen molar-refractivity contribution in [2.24, 2.45) is 0 Å². The molecule has 0 N–H and O–H groups in total. The van der Waals surface area contributed by atoms with Crippen LogP contribution in [0.15, 0.2) is 28.8 Å². The van der Waals surface area contributed by atoms with E-state index >= 15 is 0 Å². The molecule has 1 aromatic heterocycles. The number of rotatable bonds is 3. The summed E-state index contributed by atoms with van der Waals surface area (Å²) in [6.45, 7) is 0. The molecule has 0 aliphatic heterocycles. The standard InChI is InChI=1S/C11H8F3N2O/c12-11(13,14)6-5-8-1-3-9(4-2-8)10-15-7-17-16-10/h1-4H,5-6H2. The van der Waals surface area contributed by atoms with Crippen LogP contribution in [0.1, 0.15) is 12.0 Å². The van der Waals surface area contributed by atoms with E-state index in [1.807, 2.05) is 0 Å².